The van der Waals surface area contributed by atoms with Crippen molar-refractivity contribution < 1.29 is 4.79 Å². The van der Waals surface area contributed by atoms with Gasteiger partial charge < -0.3 is 10.6 Å². The van der Waals surface area contributed by atoms with Crippen LogP contribution in [0.15, 0.2) is 6.20 Å². The molecule has 2 atom stereocenters. The Kier molecular flexibility index (Phi) is 3.54. The van der Waals surface area contributed by atoms with E-state index in [1.54, 1.807) is 6.20 Å². The summed E-state index contributed by atoms with van der Waals surface area (Å²) in [5.74, 6) is 1.36. The number of hydrogen-bond acceptors (Lipinski definition) is 3. The number of nitrogens with two attached hydrogens (primary N) is 1. The summed E-state index contributed by atoms with van der Waals surface area (Å²) >= 11 is 0. The van der Waals surface area contributed by atoms with Crippen molar-refractivity contribution in [1.29, 1.82) is 0 Å². The third-order valence-corrected chi connectivity index (χ3v) is 4.70. The SMILES string of the molecule is CCCn1ncc(C(=O)N2C[C@H](C3CC3)[C@@H](N)C2)c1C. The van der Waals surface area contributed by atoms with Gasteiger partial charge in [0.15, 0.2) is 0 Å². The first-order valence-electron chi connectivity index (χ1n) is 7.69. The molecule has 2 N–H and O–H groups in total. The van der Waals surface area contributed by atoms with Crippen LogP contribution in [0, 0.1) is 18.8 Å². The summed E-state index contributed by atoms with van der Waals surface area (Å²) in [5.41, 5.74) is 7.91. The molecule has 110 valence electrons. The Morgan fingerprint density at radius 2 is 2.20 bits per heavy atom. The molecule has 1 aromatic heterocycles. The summed E-state index contributed by atoms with van der Waals surface area (Å²) in [4.78, 5) is 14.6. The standard InChI is InChI=1S/C15H24N4O/c1-3-6-19-10(2)12(7-17-19)15(20)18-8-13(11-4-5-11)14(16)9-18/h7,11,13-14H,3-6,8-9,16H2,1-2H3/t13-,14+/m1/s1. The molecule has 1 aromatic rings. The van der Waals surface area contributed by atoms with Crippen LogP contribution in [0.3, 0.4) is 0 Å². The highest BCUT2D eigenvalue weighted by Gasteiger charge is 2.42. The van der Waals surface area contributed by atoms with Crippen molar-refractivity contribution in [2.45, 2.75) is 45.7 Å². The summed E-state index contributed by atoms with van der Waals surface area (Å²) in [7, 11) is 0. The van der Waals surface area contributed by atoms with Crippen molar-refractivity contribution in [1.82, 2.24) is 14.7 Å². The number of aryl methyl sites for hydroxylation is 1. The lowest BCUT2D eigenvalue weighted by atomic mass is 9.99. The second kappa shape index (κ2) is 5.20. The van der Waals surface area contributed by atoms with E-state index in [1.165, 1.54) is 12.8 Å². The van der Waals surface area contributed by atoms with Crippen molar-refractivity contribution >= 4 is 5.91 Å². The highest BCUT2D eigenvalue weighted by atomic mass is 16.2. The van der Waals surface area contributed by atoms with Crippen LogP contribution in [0.2, 0.25) is 0 Å². The van der Waals surface area contributed by atoms with E-state index in [-0.39, 0.29) is 11.9 Å². The van der Waals surface area contributed by atoms with E-state index >= 15 is 0 Å². The highest BCUT2D eigenvalue weighted by Crippen LogP contribution is 2.41. The molecular weight excluding hydrogens is 252 g/mol. The van der Waals surface area contributed by atoms with Crippen molar-refractivity contribution in [3.8, 4) is 0 Å². The lowest BCUT2D eigenvalue weighted by Gasteiger charge is -2.16. The molecule has 0 radical (unpaired) electrons. The molecule has 1 saturated carbocycles. The third-order valence-electron chi connectivity index (χ3n) is 4.70. The zero-order valence-electron chi connectivity index (χ0n) is 12.4. The number of hydrogen-bond donors (Lipinski definition) is 1. The Labute approximate surface area is 120 Å². The number of aromatic nitrogens is 2. The molecule has 5 nitrogen and oxygen atoms in total. The van der Waals surface area contributed by atoms with Crippen LogP contribution in [0.4, 0.5) is 0 Å². The molecule has 0 spiro atoms. The van der Waals surface area contributed by atoms with Gasteiger partial charge in [0.05, 0.1) is 11.8 Å². The van der Waals surface area contributed by atoms with Crippen molar-refractivity contribution in [2.24, 2.45) is 17.6 Å². The second-order valence-corrected chi connectivity index (χ2v) is 6.24. The molecule has 0 aromatic carbocycles. The Bertz CT molecular complexity index is 506. The fourth-order valence-electron chi connectivity index (χ4n) is 3.31. The molecule has 20 heavy (non-hydrogen) atoms. The van der Waals surface area contributed by atoms with Gasteiger partial charge >= 0.3 is 0 Å². The van der Waals surface area contributed by atoms with E-state index in [0.717, 1.165) is 36.7 Å². The van der Waals surface area contributed by atoms with Crippen LogP contribution in [0.1, 0.15) is 42.2 Å². The first-order chi connectivity index (χ1) is 9.61. The number of carbonyl (C=O) groups is 1. The van der Waals surface area contributed by atoms with Gasteiger partial charge in [0, 0.05) is 31.4 Å². The van der Waals surface area contributed by atoms with Crippen LogP contribution < -0.4 is 5.73 Å². The Morgan fingerprint density at radius 1 is 1.45 bits per heavy atom. The highest BCUT2D eigenvalue weighted by molar-refractivity contribution is 5.95. The fourth-order valence-corrected chi connectivity index (χ4v) is 3.31. The zero-order valence-corrected chi connectivity index (χ0v) is 12.4. The molecule has 2 fully saturated rings. The molecule has 0 unspecified atom stereocenters. The predicted molar refractivity (Wildman–Crippen MR) is 77.3 cm³/mol. The van der Waals surface area contributed by atoms with Crippen molar-refractivity contribution in [2.75, 3.05) is 13.1 Å². The molecule has 1 amide bonds. The molecule has 0 bridgehead atoms. The van der Waals surface area contributed by atoms with Crippen LogP contribution in [-0.4, -0.2) is 39.7 Å². The molecule has 3 rings (SSSR count). The lowest BCUT2D eigenvalue weighted by molar-refractivity contribution is 0.0784. The Hall–Kier alpha value is -1.36. The molecule has 2 aliphatic rings. The van der Waals surface area contributed by atoms with Crippen LogP contribution >= 0.6 is 0 Å². The average Bonchev–Trinajstić information content (AvgIpc) is 3.11. The summed E-state index contributed by atoms with van der Waals surface area (Å²) in [6.45, 7) is 6.47. The van der Waals surface area contributed by atoms with Crippen LogP contribution in [0.25, 0.3) is 0 Å². The maximum Gasteiger partial charge on any atom is 0.257 e. The van der Waals surface area contributed by atoms with E-state index in [1.807, 2.05) is 16.5 Å². The van der Waals surface area contributed by atoms with Gasteiger partial charge in [-0.3, -0.25) is 9.48 Å². The van der Waals surface area contributed by atoms with E-state index in [9.17, 15) is 4.79 Å². The quantitative estimate of drug-likeness (QED) is 0.904. The Morgan fingerprint density at radius 3 is 2.85 bits per heavy atom. The number of rotatable bonds is 4. The van der Waals surface area contributed by atoms with Gasteiger partial charge in [-0.15, -0.1) is 0 Å². The van der Waals surface area contributed by atoms with Crippen molar-refractivity contribution in [3.05, 3.63) is 17.5 Å². The van der Waals surface area contributed by atoms with Gasteiger partial charge in [-0.25, -0.2) is 0 Å². The number of amides is 1. The normalized spacial score (nSPS) is 26.2. The first-order valence-corrected chi connectivity index (χ1v) is 7.69. The van der Waals surface area contributed by atoms with E-state index < -0.39 is 0 Å². The molecule has 1 aliphatic carbocycles. The van der Waals surface area contributed by atoms with E-state index in [2.05, 4.69) is 12.0 Å². The molecule has 2 heterocycles. The summed E-state index contributed by atoms with van der Waals surface area (Å²) in [5, 5.41) is 4.32. The van der Waals surface area contributed by atoms with Gasteiger partial charge in [-0.05, 0) is 38.0 Å². The van der Waals surface area contributed by atoms with Gasteiger partial charge in [0.2, 0.25) is 0 Å². The minimum atomic E-state index is 0.100. The molecule has 1 saturated heterocycles. The Balaban J connectivity index is 1.73. The number of nitrogens with zero attached hydrogens (tertiary/aromatic N) is 3. The van der Waals surface area contributed by atoms with Gasteiger partial charge in [0.25, 0.3) is 5.91 Å². The number of carbonyl (C=O) groups excluding carboxylic acids is 1. The van der Waals surface area contributed by atoms with Gasteiger partial charge in [-0.2, -0.15) is 5.10 Å². The third kappa shape index (κ3) is 2.35. The average molecular weight is 276 g/mol. The monoisotopic (exact) mass is 276 g/mol. The van der Waals surface area contributed by atoms with E-state index in [0.29, 0.717) is 12.5 Å². The topological polar surface area (TPSA) is 64.2 Å². The second-order valence-electron chi connectivity index (χ2n) is 6.24. The first kappa shape index (κ1) is 13.6. The minimum Gasteiger partial charge on any atom is -0.337 e. The van der Waals surface area contributed by atoms with Crippen LogP contribution in [0.5, 0.6) is 0 Å². The van der Waals surface area contributed by atoms with Crippen LogP contribution in [-0.2, 0) is 6.54 Å². The number of likely N-dealkylation sites (tertiary alicyclic amines) is 1. The van der Waals surface area contributed by atoms with Gasteiger partial charge in [0.1, 0.15) is 0 Å². The summed E-state index contributed by atoms with van der Waals surface area (Å²) < 4.78 is 1.92. The molecule has 5 heteroatoms. The van der Waals surface area contributed by atoms with Crippen molar-refractivity contribution in [3.63, 3.8) is 0 Å². The lowest BCUT2D eigenvalue weighted by Crippen LogP contribution is -2.32. The smallest absolute Gasteiger partial charge is 0.257 e. The maximum atomic E-state index is 12.6. The zero-order chi connectivity index (χ0) is 14.3. The van der Waals surface area contributed by atoms with E-state index in [4.69, 9.17) is 5.73 Å². The molecular formula is C15H24N4O. The summed E-state index contributed by atoms with van der Waals surface area (Å²) in [6.07, 6.45) is 5.31. The largest absolute Gasteiger partial charge is 0.337 e. The van der Waals surface area contributed by atoms with Gasteiger partial charge in [-0.1, -0.05) is 6.92 Å². The maximum absolute atomic E-state index is 12.6. The summed E-state index contributed by atoms with van der Waals surface area (Å²) in [6, 6.07) is 0.150. The predicted octanol–water partition coefficient (Wildman–Crippen LogP) is 1.41. The molecule has 1 aliphatic heterocycles. The minimum absolute atomic E-state index is 0.100. The fraction of sp³-hybridized carbons (Fsp3) is 0.733.